The van der Waals surface area contributed by atoms with Crippen molar-refractivity contribution in [1.82, 2.24) is 25.1 Å². The van der Waals surface area contributed by atoms with Crippen molar-refractivity contribution in [1.29, 1.82) is 0 Å². The second-order valence-corrected chi connectivity index (χ2v) is 9.16. The smallest absolute Gasteiger partial charge is 0.156 e. The molecule has 1 fully saturated rings. The van der Waals surface area contributed by atoms with E-state index in [2.05, 4.69) is 15.1 Å². The van der Waals surface area contributed by atoms with E-state index in [4.69, 9.17) is 27.3 Å². The van der Waals surface area contributed by atoms with E-state index in [1.54, 1.807) is 18.0 Å². The van der Waals surface area contributed by atoms with Gasteiger partial charge in [0, 0.05) is 28.8 Å². The number of anilines is 1. The lowest BCUT2D eigenvalue weighted by Gasteiger charge is -2.16. The Hall–Kier alpha value is -2.61. The van der Waals surface area contributed by atoms with Gasteiger partial charge in [0.15, 0.2) is 5.82 Å². The summed E-state index contributed by atoms with van der Waals surface area (Å²) in [6, 6.07) is 13.9. The van der Waals surface area contributed by atoms with Crippen molar-refractivity contribution in [2.24, 2.45) is 0 Å². The molecule has 1 aliphatic heterocycles. The predicted octanol–water partition coefficient (Wildman–Crippen LogP) is 5.11. The van der Waals surface area contributed by atoms with Crippen molar-refractivity contribution in [2.45, 2.75) is 17.9 Å². The van der Waals surface area contributed by atoms with Crippen molar-refractivity contribution in [2.75, 3.05) is 31.1 Å². The fourth-order valence-corrected chi connectivity index (χ4v) is 5.13. The number of benzene rings is 2. The number of rotatable bonds is 6. The number of thioether (sulfide) groups is 1. The minimum absolute atomic E-state index is 0.463. The molecule has 0 amide bonds. The maximum absolute atomic E-state index is 6.52. The monoisotopic (exact) mass is 450 g/mol. The fourth-order valence-electron chi connectivity index (χ4n) is 3.97. The Bertz CT molecular complexity index is 1200. The summed E-state index contributed by atoms with van der Waals surface area (Å²) in [6.45, 7) is 3.40. The maximum atomic E-state index is 6.52. The molecule has 2 aromatic carbocycles. The van der Waals surface area contributed by atoms with Crippen LogP contribution in [0.3, 0.4) is 0 Å². The van der Waals surface area contributed by atoms with Gasteiger partial charge in [-0.15, -0.1) is 11.8 Å². The van der Waals surface area contributed by atoms with Gasteiger partial charge in [0.05, 0.1) is 28.1 Å². The topological polar surface area (TPSA) is 83.7 Å². The molecular formula is C23H23ClN6S. The number of hydrogen-bond acceptors (Lipinski definition) is 6. The van der Waals surface area contributed by atoms with Gasteiger partial charge in [-0.2, -0.15) is 5.10 Å². The zero-order chi connectivity index (χ0) is 21.2. The summed E-state index contributed by atoms with van der Waals surface area (Å²) >= 11 is 8.19. The van der Waals surface area contributed by atoms with E-state index in [9.17, 15) is 0 Å². The van der Waals surface area contributed by atoms with Gasteiger partial charge in [0.1, 0.15) is 5.03 Å². The number of halogens is 1. The third kappa shape index (κ3) is 4.26. The van der Waals surface area contributed by atoms with Crippen LogP contribution in [-0.2, 0) is 0 Å². The van der Waals surface area contributed by atoms with E-state index < -0.39 is 0 Å². The number of aromatic amines is 1. The van der Waals surface area contributed by atoms with Crippen LogP contribution in [0, 0.1) is 0 Å². The zero-order valence-electron chi connectivity index (χ0n) is 17.0. The van der Waals surface area contributed by atoms with Crippen molar-refractivity contribution in [3.05, 3.63) is 53.7 Å². The van der Waals surface area contributed by atoms with Crippen LogP contribution in [0.25, 0.3) is 33.4 Å². The van der Waals surface area contributed by atoms with E-state index in [-0.39, 0.29) is 0 Å². The summed E-state index contributed by atoms with van der Waals surface area (Å²) in [5, 5.41) is 9.35. The van der Waals surface area contributed by atoms with Crippen LogP contribution in [-0.4, -0.2) is 50.5 Å². The normalized spacial score (nSPS) is 14.5. The van der Waals surface area contributed by atoms with Crippen LogP contribution in [0.1, 0.15) is 12.8 Å². The molecule has 2 aromatic heterocycles. The highest BCUT2D eigenvalue weighted by Gasteiger charge is 2.18. The van der Waals surface area contributed by atoms with Gasteiger partial charge in [-0.1, -0.05) is 41.9 Å². The first-order valence-corrected chi connectivity index (χ1v) is 11.8. The molecule has 31 heavy (non-hydrogen) atoms. The van der Waals surface area contributed by atoms with Crippen LogP contribution in [0.4, 0.5) is 5.82 Å². The van der Waals surface area contributed by atoms with Crippen molar-refractivity contribution in [3.63, 3.8) is 0 Å². The first-order chi connectivity index (χ1) is 15.2. The van der Waals surface area contributed by atoms with Gasteiger partial charge in [0.25, 0.3) is 0 Å². The number of likely N-dealkylation sites (tertiary alicyclic amines) is 1. The number of aromatic nitrogens is 4. The molecule has 1 aliphatic rings. The molecule has 0 aliphatic carbocycles. The molecule has 158 valence electrons. The summed E-state index contributed by atoms with van der Waals surface area (Å²) in [7, 11) is 0. The molecule has 6 nitrogen and oxygen atoms in total. The lowest BCUT2D eigenvalue weighted by Crippen LogP contribution is -2.22. The van der Waals surface area contributed by atoms with Crippen LogP contribution >= 0.6 is 23.4 Å². The average Bonchev–Trinajstić information content (AvgIpc) is 3.47. The number of nitrogens with one attached hydrogen (secondary N) is 1. The lowest BCUT2D eigenvalue weighted by atomic mass is 10.0. The first kappa shape index (κ1) is 20.3. The van der Waals surface area contributed by atoms with Crippen LogP contribution in [0.2, 0.25) is 5.02 Å². The fraction of sp³-hybridized carbons (Fsp3) is 0.261. The molecule has 0 radical (unpaired) electrons. The molecule has 8 heteroatoms. The number of nitrogens with zero attached hydrogens (tertiary/aromatic N) is 4. The number of H-pyrrole nitrogens is 1. The summed E-state index contributed by atoms with van der Waals surface area (Å²) < 4.78 is 0. The van der Waals surface area contributed by atoms with Gasteiger partial charge >= 0.3 is 0 Å². The van der Waals surface area contributed by atoms with Crippen molar-refractivity contribution < 1.29 is 0 Å². The van der Waals surface area contributed by atoms with Crippen LogP contribution in [0.15, 0.2) is 53.7 Å². The van der Waals surface area contributed by atoms with E-state index in [1.165, 1.54) is 25.9 Å². The Morgan fingerprint density at radius 2 is 1.81 bits per heavy atom. The number of hydrogen-bond donors (Lipinski definition) is 2. The minimum Gasteiger partial charge on any atom is -0.381 e. The summed E-state index contributed by atoms with van der Waals surface area (Å²) in [5.74, 6) is 1.40. The SMILES string of the molecule is Nc1nc(-c2ccccc2)c(-c2cc(Cl)c3[nH]ncc3c2)nc1SCCN1CCCC1. The van der Waals surface area contributed by atoms with Gasteiger partial charge in [-0.05, 0) is 38.1 Å². The second kappa shape index (κ2) is 8.86. The van der Waals surface area contributed by atoms with Gasteiger partial charge in [-0.3, -0.25) is 5.10 Å². The lowest BCUT2D eigenvalue weighted by molar-refractivity contribution is 0.362. The van der Waals surface area contributed by atoms with Crippen molar-refractivity contribution >= 4 is 40.1 Å². The maximum Gasteiger partial charge on any atom is 0.156 e. The molecule has 4 aromatic rings. The molecular weight excluding hydrogens is 428 g/mol. The minimum atomic E-state index is 0.463. The Morgan fingerprint density at radius 1 is 1.03 bits per heavy atom. The Kier molecular flexibility index (Phi) is 5.80. The van der Waals surface area contributed by atoms with E-state index in [1.807, 2.05) is 42.5 Å². The number of nitrogens with two attached hydrogens (primary N) is 1. The highest BCUT2D eigenvalue weighted by atomic mass is 35.5. The Balaban J connectivity index is 1.55. The molecule has 3 N–H and O–H groups in total. The van der Waals surface area contributed by atoms with Crippen LogP contribution < -0.4 is 5.73 Å². The van der Waals surface area contributed by atoms with Gasteiger partial charge in [-0.25, -0.2) is 9.97 Å². The molecule has 5 rings (SSSR count). The average molecular weight is 451 g/mol. The third-order valence-electron chi connectivity index (χ3n) is 5.56. The highest BCUT2D eigenvalue weighted by Crippen LogP contribution is 2.36. The number of fused-ring (bicyclic) bond motifs is 1. The standard InChI is InChI=1S/C23H23ClN6S/c24-18-13-16(12-17-14-26-29-19(17)18)21-20(15-6-2-1-3-7-15)27-22(25)23(28-21)31-11-10-30-8-4-5-9-30/h1-3,6-7,12-14H,4-5,8-11H2,(H2,25,27)(H,26,29). The third-order valence-corrected chi connectivity index (χ3v) is 6.81. The summed E-state index contributed by atoms with van der Waals surface area (Å²) in [4.78, 5) is 12.3. The largest absolute Gasteiger partial charge is 0.381 e. The van der Waals surface area contributed by atoms with E-state index in [0.29, 0.717) is 10.8 Å². The zero-order valence-corrected chi connectivity index (χ0v) is 18.6. The Labute approximate surface area is 190 Å². The van der Waals surface area contributed by atoms with Gasteiger partial charge < -0.3 is 10.6 Å². The second-order valence-electron chi connectivity index (χ2n) is 7.67. The van der Waals surface area contributed by atoms with Gasteiger partial charge in [0.2, 0.25) is 0 Å². The van der Waals surface area contributed by atoms with E-state index in [0.717, 1.165) is 50.7 Å². The molecule has 0 spiro atoms. The Morgan fingerprint density at radius 3 is 2.61 bits per heavy atom. The highest BCUT2D eigenvalue weighted by molar-refractivity contribution is 7.99. The first-order valence-electron chi connectivity index (χ1n) is 10.4. The summed E-state index contributed by atoms with van der Waals surface area (Å²) in [6.07, 6.45) is 4.35. The van der Waals surface area contributed by atoms with Crippen molar-refractivity contribution in [3.8, 4) is 22.5 Å². The predicted molar refractivity (Wildman–Crippen MR) is 128 cm³/mol. The summed E-state index contributed by atoms with van der Waals surface area (Å²) in [5.41, 5.74) is 10.6. The molecule has 0 unspecified atom stereocenters. The molecule has 0 saturated carbocycles. The number of nitrogen functional groups attached to an aromatic ring is 1. The van der Waals surface area contributed by atoms with Crippen LogP contribution in [0.5, 0.6) is 0 Å². The molecule has 1 saturated heterocycles. The molecule has 0 bridgehead atoms. The quantitative estimate of drug-likeness (QED) is 0.397. The molecule has 0 atom stereocenters. The molecule has 3 heterocycles. The van der Waals surface area contributed by atoms with E-state index >= 15 is 0 Å².